The van der Waals surface area contributed by atoms with Crippen molar-refractivity contribution in [3.8, 4) is 6.07 Å². The van der Waals surface area contributed by atoms with E-state index in [-0.39, 0.29) is 10.8 Å². The van der Waals surface area contributed by atoms with Crippen molar-refractivity contribution in [1.82, 2.24) is 0 Å². The Morgan fingerprint density at radius 3 is 1.33 bits per heavy atom. The van der Waals surface area contributed by atoms with Crippen molar-refractivity contribution in [2.24, 2.45) is 10.8 Å². The molecule has 0 aliphatic rings. The second kappa shape index (κ2) is 2.02. The second-order valence-electron chi connectivity index (χ2n) is 3.99. The SMILES string of the molecule is CC(C)(C)C(C)(C)C#N. The van der Waals surface area contributed by atoms with Gasteiger partial charge in [0.2, 0.25) is 0 Å². The molecule has 0 amide bonds. The molecule has 0 aromatic carbocycles. The minimum absolute atomic E-state index is 0.0851. The van der Waals surface area contributed by atoms with Crippen LogP contribution in [0.2, 0.25) is 0 Å². The van der Waals surface area contributed by atoms with Crippen LogP contribution in [0.5, 0.6) is 0 Å². The molecule has 0 heterocycles. The van der Waals surface area contributed by atoms with Crippen molar-refractivity contribution in [3.05, 3.63) is 0 Å². The molecule has 52 valence electrons. The molecule has 1 nitrogen and oxygen atoms in total. The molecule has 0 aliphatic heterocycles. The normalized spacial score (nSPS) is 12.9. The minimum atomic E-state index is -0.215. The Bertz CT molecular complexity index is 132. The summed E-state index contributed by atoms with van der Waals surface area (Å²) < 4.78 is 0. The van der Waals surface area contributed by atoms with E-state index in [0.717, 1.165) is 0 Å². The summed E-state index contributed by atoms with van der Waals surface area (Å²) in [5.74, 6) is 0. The largest absolute Gasteiger partial charge is 0.198 e. The molecule has 0 atom stereocenters. The van der Waals surface area contributed by atoms with E-state index in [1.807, 2.05) is 13.8 Å². The van der Waals surface area contributed by atoms with Gasteiger partial charge < -0.3 is 0 Å². The topological polar surface area (TPSA) is 23.8 Å². The third-order valence-corrected chi connectivity index (χ3v) is 2.15. The fraction of sp³-hybridized carbons (Fsp3) is 0.875. The summed E-state index contributed by atoms with van der Waals surface area (Å²) >= 11 is 0. The Balaban J connectivity index is 4.39. The predicted molar refractivity (Wildman–Crippen MR) is 38.8 cm³/mol. The van der Waals surface area contributed by atoms with E-state index in [1.165, 1.54) is 0 Å². The molecule has 0 N–H and O–H groups in total. The third-order valence-electron chi connectivity index (χ3n) is 2.15. The molecule has 0 bridgehead atoms. The Hall–Kier alpha value is -0.510. The van der Waals surface area contributed by atoms with Gasteiger partial charge in [-0.15, -0.1) is 0 Å². The molecule has 0 saturated carbocycles. The van der Waals surface area contributed by atoms with Gasteiger partial charge >= 0.3 is 0 Å². The van der Waals surface area contributed by atoms with Crippen molar-refractivity contribution in [3.63, 3.8) is 0 Å². The average molecular weight is 125 g/mol. The zero-order chi connectivity index (χ0) is 7.71. The lowest BCUT2D eigenvalue weighted by Crippen LogP contribution is -2.27. The van der Waals surface area contributed by atoms with Gasteiger partial charge in [-0.3, -0.25) is 0 Å². The Morgan fingerprint density at radius 2 is 1.33 bits per heavy atom. The standard InChI is InChI=1S/C8H15N/c1-7(2,3)8(4,5)6-9/h1-5H3. The number of hydrogen-bond acceptors (Lipinski definition) is 1. The van der Waals surface area contributed by atoms with Crippen LogP contribution >= 0.6 is 0 Å². The summed E-state index contributed by atoms with van der Waals surface area (Å²) in [5, 5.41) is 8.68. The summed E-state index contributed by atoms with van der Waals surface area (Å²) in [7, 11) is 0. The lowest BCUT2D eigenvalue weighted by atomic mass is 9.70. The van der Waals surface area contributed by atoms with E-state index in [9.17, 15) is 0 Å². The minimum Gasteiger partial charge on any atom is -0.198 e. The summed E-state index contributed by atoms with van der Waals surface area (Å²) in [6, 6.07) is 2.28. The lowest BCUT2D eigenvalue weighted by Gasteiger charge is -2.31. The summed E-state index contributed by atoms with van der Waals surface area (Å²) in [4.78, 5) is 0. The number of nitriles is 1. The van der Waals surface area contributed by atoms with E-state index in [0.29, 0.717) is 0 Å². The zero-order valence-electron chi connectivity index (χ0n) is 6.95. The van der Waals surface area contributed by atoms with Crippen molar-refractivity contribution < 1.29 is 0 Å². The van der Waals surface area contributed by atoms with E-state index in [2.05, 4.69) is 26.8 Å². The highest BCUT2D eigenvalue weighted by atomic mass is 14.4. The molecule has 0 rings (SSSR count). The predicted octanol–water partition coefficient (Wildman–Crippen LogP) is 2.58. The summed E-state index contributed by atoms with van der Waals surface area (Å²) in [5.41, 5.74) is -0.130. The average Bonchev–Trinajstić information content (AvgIpc) is 1.64. The quantitative estimate of drug-likeness (QED) is 0.488. The lowest BCUT2D eigenvalue weighted by molar-refractivity contribution is 0.202. The number of hydrogen-bond donors (Lipinski definition) is 0. The Kier molecular flexibility index (Phi) is 1.91. The van der Waals surface area contributed by atoms with Crippen LogP contribution in [-0.2, 0) is 0 Å². The molecule has 0 spiro atoms. The van der Waals surface area contributed by atoms with Crippen molar-refractivity contribution in [2.45, 2.75) is 34.6 Å². The monoisotopic (exact) mass is 125 g/mol. The Morgan fingerprint density at radius 1 is 1.00 bits per heavy atom. The van der Waals surface area contributed by atoms with Gasteiger partial charge in [-0.25, -0.2) is 0 Å². The highest BCUT2D eigenvalue weighted by molar-refractivity contribution is 4.99. The molecule has 0 radical (unpaired) electrons. The fourth-order valence-corrected chi connectivity index (χ4v) is 0.168. The molecule has 0 unspecified atom stereocenters. The van der Waals surface area contributed by atoms with Crippen LogP contribution in [-0.4, -0.2) is 0 Å². The smallest absolute Gasteiger partial charge is 0.0689 e. The maximum Gasteiger partial charge on any atom is 0.0689 e. The van der Waals surface area contributed by atoms with E-state index in [4.69, 9.17) is 5.26 Å². The second-order valence-corrected chi connectivity index (χ2v) is 3.99. The molecule has 0 aromatic heterocycles. The van der Waals surface area contributed by atoms with Gasteiger partial charge in [0.1, 0.15) is 0 Å². The van der Waals surface area contributed by atoms with E-state index < -0.39 is 0 Å². The van der Waals surface area contributed by atoms with Crippen molar-refractivity contribution >= 4 is 0 Å². The van der Waals surface area contributed by atoms with Crippen molar-refractivity contribution in [1.29, 1.82) is 5.26 Å². The van der Waals surface area contributed by atoms with Gasteiger partial charge in [0.05, 0.1) is 11.5 Å². The molecular formula is C8H15N. The van der Waals surface area contributed by atoms with Gasteiger partial charge in [-0.1, -0.05) is 20.8 Å². The van der Waals surface area contributed by atoms with Gasteiger partial charge in [0, 0.05) is 0 Å². The number of nitrogens with zero attached hydrogens (tertiary/aromatic N) is 1. The van der Waals surface area contributed by atoms with Crippen LogP contribution in [0.4, 0.5) is 0 Å². The molecule has 0 saturated heterocycles. The third kappa shape index (κ3) is 1.71. The first kappa shape index (κ1) is 8.49. The first-order valence-electron chi connectivity index (χ1n) is 3.22. The molecular weight excluding hydrogens is 110 g/mol. The van der Waals surface area contributed by atoms with Crippen LogP contribution in [0.25, 0.3) is 0 Å². The molecule has 0 fully saturated rings. The van der Waals surface area contributed by atoms with Gasteiger partial charge in [-0.2, -0.15) is 5.26 Å². The van der Waals surface area contributed by atoms with Gasteiger partial charge in [-0.05, 0) is 19.3 Å². The molecule has 9 heavy (non-hydrogen) atoms. The zero-order valence-corrected chi connectivity index (χ0v) is 6.95. The van der Waals surface area contributed by atoms with Crippen LogP contribution in [0.1, 0.15) is 34.6 Å². The van der Waals surface area contributed by atoms with E-state index in [1.54, 1.807) is 0 Å². The maximum atomic E-state index is 8.68. The van der Waals surface area contributed by atoms with Gasteiger partial charge in [0.15, 0.2) is 0 Å². The fourth-order valence-electron chi connectivity index (χ4n) is 0.168. The summed E-state index contributed by atoms with van der Waals surface area (Å²) in [6.07, 6.45) is 0. The summed E-state index contributed by atoms with van der Waals surface area (Å²) in [6.45, 7) is 10.2. The molecule has 0 aliphatic carbocycles. The number of rotatable bonds is 0. The molecule has 0 aromatic rings. The van der Waals surface area contributed by atoms with E-state index >= 15 is 0 Å². The Labute approximate surface area is 57.7 Å². The first-order chi connectivity index (χ1) is 3.81. The van der Waals surface area contributed by atoms with Crippen LogP contribution in [0.3, 0.4) is 0 Å². The molecule has 1 heteroatoms. The highest BCUT2D eigenvalue weighted by Crippen LogP contribution is 2.36. The van der Waals surface area contributed by atoms with Gasteiger partial charge in [0.25, 0.3) is 0 Å². The van der Waals surface area contributed by atoms with Crippen LogP contribution in [0.15, 0.2) is 0 Å². The van der Waals surface area contributed by atoms with Crippen LogP contribution in [0, 0.1) is 22.2 Å². The maximum absolute atomic E-state index is 8.68. The first-order valence-corrected chi connectivity index (χ1v) is 3.22. The highest BCUT2D eigenvalue weighted by Gasteiger charge is 2.32. The van der Waals surface area contributed by atoms with Crippen molar-refractivity contribution in [2.75, 3.05) is 0 Å². The van der Waals surface area contributed by atoms with Crippen LogP contribution < -0.4 is 0 Å².